The van der Waals surface area contributed by atoms with Crippen molar-refractivity contribution in [3.8, 4) is 0 Å². The van der Waals surface area contributed by atoms with Crippen molar-refractivity contribution in [1.29, 1.82) is 0 Å². The van der Waals surface area contributed by atoms with E-state index in [-0.39, 0.29) is 10.8 Å². The molecule has 0 spiro atoms. The molecule has 18 heavy (non-hydrogen) atoms. The second-order valence-corrected chi connectivity index (χ2v) is 5.26. The molecule has 1 aromatic carbocycles. The molecule has 1 fully saturated rings. The van der Waals surface area contributed by atoms with E-state index in [9.17, 15) is 4.39 Å². The predicted octanol–water partition coefficient (Wildman–Crippen LogP) is 3.08. The van der Waals surface area contributed by atoms with Crippen LogP contribution in [0.25, 0.3) is 0 Å². The van der Waals surface area contributed by atoms with Gasteiger partial charge < -0.3 is 5.32 Å². The predicted molar refractivity (Wildman–Crippen MR) is 73.4 cm³/mol. The number of hydrogen-bond donors (Lipinski definition) is 1. The van der Waals surface area contributed by atoms with E-state index in [4.69, 9.17) is 11.6 Å². The second-order valence-electron chi connectivity index (χ2n) is 4.85. The Balaban J connectivity index is 2.28. The summed E-state index contributed by atoms with van der Waals surface area (Å²) in [6.45, 7) is 5.26. The summed E-state index contributed by atoms with van der Waals surface area (Å²) in [5, 5.41) is 3.47. The Labute approximate surface area is 113 Å². The topological polar surface area (TPSA) is 15.3 Å². The molecule has 2 rings (SSSR count). The molecule has 1 aromatic rings. The van der Waals surface area contributed by atoms with Crippen molar-refractivity contribution < 1.29 is 4.39 Å². The fourth-order valence-corrected chi connectivity index (χ4v) is 3.13. The summed E-state index contributed by atoms with van der Waals surface area (Å²) in [6, 6.07) is 5.46. The second kappa shape index (κ2) is 6.00. The third-order valence-electron chi connectivity index (χ3n) is 3.78. The maximum atomic E-state index is 13.3. The molecule has 1 aliphatic heterocycles. The number of nitrogens with zero attached hydrogens (tertiary/aromatic N) is 1. The highest BCUT2D eigenvalue weighted by atomic mass is 35.5. The van der Waals surface area contributed by atoms with Crippen LogP contribution in [0.3, 0.4) is 0 Å². The molecule has 0 aromatic heterocycles. The lowest BCUT2D eigenvalue weighted by atomic mass is 9.93. The molecular formula is C14H20ClFN2. The summed E-state index contributed by atoms with van der Waals surface area (Å²) >= 11 is 5.90. The summed E-state index contributed by atoms with van der Waals surface area (Å²) in [5.41, 5.74) is 1.13. The SMILES string of the molecule is CCN1CCC(CNC)C1c1ccc(F)c(Cl)c1. The zero-order valence-electron chi connectivity index (χ0n) is 10.9. The minimum atomic E-state index is -0.341. The fourth-order valence-electron chi connectivity index (χ4n) is 2.94. The molecule has 100 valence electrons. The van der Waals surface area contributed by atoms with Crippen LogP contribution in [-0.4, -0.2) is 31.6 Å². The Morgan fingerprint density at radius 1 is 1.50 bits per heavy atom. The molecule has 1 aliphatic rings. The fraction of sp³-hybridized carbons (Fsp3) is 0.571. The molecule has 0 bridgehead atoms. The van der Waals surface area contributed by atoms with Gasteiger partial charge in [0.15, 0.2) is 0 Å². The van der Waals surface area contributed by atoms with Crippen LogP contribution in [0, 0.1) is 11.7 Å². The number of likely N-dealkylation sites (tertiary alicyclic amines) is 1. The van der Waals surface area contributed by atoms with E-state index in [0.29, 0.717) is 12.0 Å². The number of benzene rings is 1. The van der Waals surface area contributed by atoms with Gasteiger partial charge in [-0.05, 0) is 56.7 Å². The van der Waals surface area contributed by atoms with E-state index in [2.05, 4.69) is 17.1 Å². The molecule has 0 amide bonds. The normalized spacial score (nSPS) is 24.7. The van der Waals surface area contributed by atoms with Crippen LogP contribution in [0.15, 0.2) is 18.2 Å². The molecule has 1 heterocycles. The maximum Gasteiger partial charge on any atom is 0.141 e. The van der Waals surface area contributed by atoms with Crippen molar-refractivity contribution >= 4 is 11.6 Å². The van der Waals surface area contributed by atoms with Gasteiger partial charge in [-0.3, -0.25) is 4.90 Å². The van der Waals surface area contributed by atoms with E-state index < -0.39 is 0 Å². The van der Waals surface area contributed by atoms with E-state index in [1.165, 1.54) is 12.5 Å². The van der Waals surface area contributed by atoms with Crippen LogP contribution < -0.4 is 5.32 Å². The van der Waals surface area contributed by atoms with Crippen molar-refractivity contribution in [2.75, 3.05) is 26.7 Å². The zero-order chi connectivity index (χ0) is 13.1. The molecule has 2 unspecified atom stereocenters. The highest BCUT2D eigenvalue weighted by Gasteiger charge is 2.33. The van der Waals surface area contributed by atoms with E-state index in [0.717, 1.165) is 25.2 Å². The Hall–Kier alpha value is -0.640. The van der Waals surface area contributed by atoms with E-state index >= 15 is 0 Å². The van der Waals surface area contributed by atoms with Gasteiger partial charge in [-0.15, -0.1) is 0 Å². The van der Waals surface area contributed by atoms with Gasteiger partial charge in [-0.25, -0.2) is 4.39 Å². The first-order valence-corrected chi connectivity index (χ1v) is 6.88. The Bertz CT molecular complexity index is 411. The largest absolute Gasteiger partial charge is 0.319 e. The molecule has 4 heteroatoms. The molecule has 2 nitrogen and oxygen atoms in total. The lowest BCUT2D eigenvalue weighted by molar-refractivity contribution is 0.238. The number of hydrogen-bond acceptors (Lipinski definition) is 2. The van der Waals surface area contributed by atoms with Crippen LogP contribution >= 0.6 is 11.6 Å². The van der Waals surface area contributed by atoms with E-state index in [1.807, 2.05) is 13.1 Å². The van der Waals surface area contributed by atoms with Gasteiger partial charge in [0.1, 0.15) is 5.82 Å². The summed E-state index contributed by atoms with van der Waals surface area (Å²) in [7, 11) is 1.98. The third kappa shape index (κ3) is 2.68. The molecule has 0 radical (unpaired) electrons. The van der Waals surface area contributed by atoms with Gasteiger partial charge in [0.25, 0.3) is 0 Å². The third-order valence-corrected chi connectivity index (χ3v) is 4.07. The van der Waals surface area contributed by atoms with Crippen LogP contribution in [0.1, 0.15) is 24.9 Å². The van der Waals surface area contributed by atoms with Crippen molar-refractivity contribution in [3.05, 3.63) is 34.6 Å². The minimum absolute atomic E-state index is 0.221. The zero-order valence-corrected chi connectivity index (χ0v) is 11.7. The summed E-state index contributed by atoms with van der Waals surface area (Å²) in [4.78, 5) is 2.44. The molecule has 0 aliphatic carbocycles. The molecule has 1 saturated heterocycles. The van der Waals surface area contributed by atoms with Crippen LogP contribution in [-0.2, 0) is 0 Å². The average molecular weight is 271 g/mol. The van der Waals surface area contributed by atoms with Gasteiger partial charge >= 0.3 is 0 Å². The van der Waals surface area contributed by atoms with Gasteiger partial charge in [0.2, 0.25) is 0 Å². The molecule has 2 atom stereocenters. The minimum Gasteiger partial charge on any atom is -0.319 e. The maximum absolute atomic E-state index is 13.3. The summed E-state index contributed by atoms with van der Waals surface area (Å²) in [6.07, 6.45) is 1.17. The first-order valence-electron chi connectivity index (χ1n) is 6.51. The lowest BCUT2D eigenvalue weighted by Gasteiger charge is -2.28. The number of halogens is 2. The highest BCUT2D eigenvalue weighted by Crippen LogP contribution is 2.37. The molecule has 0 saturated carbocycles. The van der Waals surface area contributed by atoms with Crippen LogP contribution in [0.4, 0.5) is 4.39 Å². The smallest absolute Gasteiger partial charge is 0.141 e. The van der Waals surface area contributed by atoms with Crippen molar-refractivity contribution in [3.63, 3.8) is 0 Å². The number of rotatable bonds is 4. The Morgan fingerprint density at radius 3 is 2.89 bits per heavy atom. The first-order chi connectivity index (χ1) is 8.67. The standard InChI is InChI=1S/C14H20ClFN2/c1-3-18-7-6-11(9-17-2)14(18)10-4-5-13(16)12(15)8-10/h4-5,8,11,14,17H,3,6-7,9H2,1-2H3. The van der Waals surface area contributed by atoms with E-state index in [1.54, 1.807) is 6.07 Å². The highest BCUT2D eigenvalue weighted by molar-refractivity contribution is 6.30. The van der Waals surface area contributed by atoms with Gasteiger partial charge in [0.05, 0.1) is 5.02 Å². The van der Waals surface area contributed by atoms with Crippen molar-refractivity contribution in [1.82, 2.24) is 10.2 Å². The lowest BCUT2D eigenvalue weighted by Crippen LogP contribution is -2.29. The first kappa shape index (κ1) is 13.8. The van der Waals surface area contributed by atoms with Crippen LogP contribution in [0.2, 0.25) is 5.02 Å². The van der Waals surface area contributed by atoms with Gasteiger partial charge in [-0.2, -0.15) is 0 Å². The average Bonchev–Trinajstić information content (AvgIpc) is 2.76. The van der Waals surface area contributed by atoms with Gasteiger partial charge in [0, 0.05) is 6.04 Å². The van der Waals surface area contributed by atoms with Crippen molar-refractivity contribution in [2.45, 2.75) is 19.4 Å². The molecule has 1 N–H and O–H groups in total. The number of nitrogens with one attached hydrogen (secondary N) is 1. The van der Waals surface area contributed by atoms with Crippen LogP contribution in [0.5, 0.6) is 0 Å². The summed E-state index contributed by atoms with van der Waals surface area (Å²) < 4.78 is 13.3. The Kier molecular flexibility index (Phi) is 4.60. The van der Waals surface area contributed by atoms with Gasteiger partial charge in [-0.1, -0.05) is 24.6 Å². The molecular weight excluding hydrogens is 251 g/mol. The van der Waals surface area contributed by atoms with Crippen molar-refractivity contribution in [2.24, 2.45) is 5.92 Å². The quantitative estimate of drug-likeness (QED) is 0.905. The monoisotopic (exact) mass is 270 g/mol. The summed E-state index contributed by atoms with van der Waals surface area (Å²) in [5.74, 6) is 0.225. The Morgan fingerprint density at radius 2 is 2.28 bits per heavy atom.